The summed E-state index contributed by atoms with van der Waals surface area (Å²) >= 11 is 0. The van der Waals surface area contributed by atoms with Gasteiger partial charge in [-0.1, -0.05) is 19.6 Å². The van der Waals surface area contributed by atoms with Gasteiger partial charge >= 0.3 is 0 Å². The molecule has 2 rings (SSSR count). The molecule has 0 heterocycles. The maximum atomic E-state index is 11.3. The molecule has 2 nitrogen and oxygen atoms in total. The standard InChI is InChI=1S/C10H10O2.CH4/c11-9-5-1-3-7-8(9)4-2-6-10(7)12;/h1,3,5,11H,2,4,6H2;1H4. The van der Waals surface area contributed by atoms with Gasteiger partial charge in [-0.2, -0.15) is 0 Å². The third kappa shape index (κ3) is 1.57. The van der Waals surface area contributed by atoms with Crippen LogP contribution >= 0.6 is 0 Å². The number of phenolic OH excluding ortho intramolecular Hbond substituents is 1. The van der Waals surface area contributed by atoms with Crippen LogP contribution in [0.3, 0.4) is 0 Å². The van der Waals surface area contributed by atoms with E-state index in [1.807, 2.05) is 0 Å². The van der Waals surface area contributed by atoms with Crippen molar-refractivity contribution in [3.05, 3.63) is 29.3 Å². The third-order valence-corrected chi connectivity index (χ3v) is 2.28. The van der Waals surface area contributed by atoms with Crippen molar-refractivity contribution in [1.29, 1.82) is 0 Å². The lowest BCUT2D eigenvalue weighted by Crippen LogP contribution is -2.10. The highest BCUT2D eigenvalue weighted by atomic mass is 16.3. The minimum Gasteiger partial charge on any atom is -0.508 e. The van der Waals surface area contributed by atoms with Crippen LogP contribution < -0.4 is 0 Å². The molecule has 1 N–H and O–H groups in total. The molecule has 2 heteroatoms. The number of Topliss-reactive ketones (excluding diaryl/α,β-unsaturated/α-hetero) is 1. The number of benzene rings is 1. The molecule has 13 heavy (non-hydrogen) atoms. The Morgan fingerprint density at radius 2 is 2.00 bits per heavy atom. The highest BCUT2D eigenvalue weighted by Crippen LogP contribution is 2.28. The summed E-state index contributed by atoms with van der Waals surface area (Å²) in [5.41, 5.74) is 1.54. The van der Waals surface area contributed by atoms with Crippen LogP contribution in [-0.2, 0) is 6.42 Å². The van der Waals surface area contributed by atoms with Crippen molar-refractivity contribution in [3.8, 4) is 5.75 Å². The number of hydrogen-bond acceptors (Lipinski definition) is 2. The van der Waals surface area contributed by atoms with Crippen LogP contribution in [0.2, 0.25) is 0 Å². The first-order chi connectivity index (χ1) is 5.79. The van der Waals surface area contributed by atoms with E-state index in [4.69, 9.17) is 0 Å². The second kappa shape index (κ2) is 3.60. The third-order valence-electron chi connectivity index (χ3n) is 2.28. The zero-order valence-electron chi connectivity index (χ0n) is 6.71. The van der Waals surface area contributed by atoms with E-state index >= 15 is 0 Å². The molecule has 0 atom stereocenters. The van der Waals surface area contributed by atoms with Gasteiger partial charge < -0.3 is 5.11 Å². The van der Waals surface area contributed by atoms with E-state index in [2.05, 4.69) is 0 Å². The highest BCUT2D eigenvalue weighted by molar-refractivity contribution is 5.99. The zero-order valence-corrected chi connectivity index (χ0v) is 6.71. The first-order valence-electron chi connectivity index (χ1n) is 4.13. The fourth-order valence-corrected chi connectivity index (χ4v) is 1.66. The number of aromatic hydroxyl groups is 1. The Bertz CT molecular complexity index is 329. The first-order valence-corrected chi connectivity index (χ1v) is 4.13. The van der Waals surface area contributed by atoms with E-state index in [9.17, 15) is 9.90 Å². The molecule has 0 amide bonds. The molecule has 0 unspecified atom stereocenters. The molecule has 1 aliphatic rings. The fourth-order valence-electron chi connectivity index (χ4n) is 1.66. The highest BCUT2D eigenvalue weighted by Gasteiger charge is 2.18. The minimum atomic E-state index is 0. The molecular formula is C11H14O2. The zero-order chi connectivity index (χ0) is 8.55. The first kappa shape index (κ1) is 9.78. The second-order valence-corrected chi connectivity index (χ2v) is 3.08. The molecule has 0 aromatic heterocycles. The molecule has 0 saturated carbocycles. The molecule has 0 fully saturated rings. The lowest BCUT2D eigenvalue weighted by atomic mass is 9.90. The van der Waals surface area contributed by atoms with Crippen molar-refractivity contribution in [1.82, 2.24) is 0 Å². The lowest BCUT2D eigenvalue weighted by Gasteiger charge is -2.14. The summed E-state index contributed by atoms with van der Waals surface area (Å²) in [6, 6.07) is 5.14. The van der Waals surface area contributed by atoms with Crippen molar-refractivity contribution < 1.29 is 9.90 Å². The van der Waals surface area contributed by atoms with Gasteiger partial charge in [0.05, 0.1) is 0 Å². The van der Waals surface area contributed by atoms with E-state index in [0.717, 1.165) is 18.4 Å². The normalized spacial score (nSPS) is 14.6. The summed E-state index contributed by atoms with van der Waals surface area (Å²) in [4.78, 5) is 11.3. The molecule has 0 saturated heterocycles. The molecular weight excluding hydrogens is 164 g/mol. The van der Waals surface area contributed by atoms with Gasteiger partial charge in [0.1, 0.15) is 5.75 Å². The van der Waals surface area contributed by atoms with Crippen LogP contribution in [-0.4, -0.2) is 10.9 Å². The monoisotopic (exact) mass is 178 g/mol. The molecule has 0 spiro atoms. The Balaban J connectivity index is 0.000000845. The Labute approximate surface area is 78.2 Å². The number of hydrogen-bond donors (Lipinski definition) is 1. The van der Waals surface area contributed by atoms with Crippen molar-refractivity contribution in [2.24, 2.45) is 0 Å². The summed E-state index contributed by atoms with van der Waals surface area (Å²) < 4.78 is 0. The summed E-state index contributed by atoms with van der Waals surface area (Å²) in [5.74, 6) is 0.424. The number of fused-ring (bicyclic) bond motifs is 1. The smallest absolute Gasteiger partial charge is 0.163 e. The van der Waals surface area contributed by atoms with E-state index in [-0.39, 0.29) is 19.0 Å². The summed E-state index contributed by atoms with van der Waals surface area (Å²) in [6.07, 6.45) is 2.31. The Hall–Kier alpha value is -1.31. The number of carbonyl (C=O) groups excluding carboxylic acids is 1. The molecule has 1 aromatic rings. The van der Waals surface area contributed by atoms with Gasteiger partial charge in [-0.05, 0) is 18.9 Å². The average molecular weight is 178 g/mol. The van der Waals surface area contributed by atoms with E-state index in [0.29, 0.717) is 12.0 Å². The molecule has 1 aromatic carbocycles. The van der Waals surface area contributed by atoms with Crippen LogP contribution in [0.15, 0.2) is 18.2 Å². The number of phenols is 1. The number of carbonyl (C=O) groups is 1. The lowest BCUT2D eigenvalue weighted by molar-refractivity contribution is 0.0971. The van der Waals surface area contributed by atoms with Gasteiger partial charge in [0.15, 0.2) is 5.78 Å². The maximum Gasteiger partial charge on any atom is 0.163 e. The van der Waals surface area contributed by atoms with Crippen LogP contribution in [0.25, 0.3) is 0 Å². The predicted octanol–water partition coefficient (Wildman–Crippen LogP) is 2.55. The molecule has 1 aliphatic carbocycles. The number of ketones is 1. The van der Waals surface area contributed by atoms with E-state index in [1.165, 1.54) is 0 Å². The fraction of sp³-hybridized carbons (Fsp3) is 0.364. The molecule has 0 aliphatic heterocycles. The predicted molar refractivity (Wildman–Crippen MR) is 52.1 cm³/mol. The van der Waals surface area contributed by atoms with Crippen molar-refractivity contribution >= 4 is 5.78 Å². The van der Waals surface area contributed by atoms with E-state index < -0.39 is 0 Å². The second-order valence-electron chi connectivity index (χ2n) is 3.08. The van der Waals surface area contributed by atoms with Crippen molar-refractivity contribution in [2.75, 3.05) is 0 Å². The van der Waals surface area contributed by atoms with Gasteiger partial charge in [-0.15, -0.1) is 0 Å². The number of rotatable bonds is 0. The van der Waals surface area contributed by atoms with Gasteiger partial charge in [0, 0.05) is 17.5 Å². The van der Waals surface area contributed by atoms with Crippen LogP contribution in [0.5, 0.6) is 5.75 Å². The van der Waals surface area contributed by atoms with Crippen molar-refractivity contribution in [2.45, 2.75) is 26.7 Å². The van der Waals surface area contributed by atoms with Gasteiger partial charge in [-0.3, -0.25) is 4.79 Å². The SMILES string of the molecule is C.O=C1CCCc2c(O)cccc21. The van der Waals surface area contributed by atoms with Gasteiger partial charge in [-0.25, -0.2) is 0 Å². The molecule has 0 bridgehead atoms. The summed E-state index contributed by atoms with van der Waals surface area (Å²) in [7, 11) is 0. The Morgan fingerprint density at radius 1 is 1.23 bits per heavy atom. The maximum absolute atomic E-state index is 11.3. The topological polar surface area (TPSA) is 37.3 Å². The van der Waals surface area contributed by atoms with Gasteiger partial charge in [0.2, 0.25) is 0 Å². The quantitative estimate of drug-likeness (QED) is 0.662. The summed E-state index contributed by atoms with van der Waals surface area (Å²) in [5, 5.41) is 9.42. The largest absolute Gasteiger partial charge is 0.508 e. The van der Waals surface area contributed by atoms with Crippen LogP contribution in [0.1, 0.15) is 36.2 Å². The molecule has 0 radical (unpaired) electrons. The van der Waals surface area contributed by atoms with Crippen molar-refractivity contribution in [3.63, 3.8) is 0 Å². The van der Waals surface area contributed by atoms with Gasteiger partial charge in [0.25, 0.3) is 0 Å². The minimum absolute atomic E-state index is 0. The van der Waals surface area contributed by atoms with Crippen LogP contribution in [0.4, 0.5) is 0 Å². The molecule has 70 valence electrons. The summed E-state index contributed by atoms with van der Waals surface area (Å²) in [6.45, 7) is 0. The Kier molecular flexibility index (Phi) is 2.71. The van der Waals surface area contributed by atoms with Crippen LogP contribution in [0, 0.1) is 0 Å². The van der Waals surface area contributed by atoms with E-state index in [1.54, 1.807) is 18.2 Å². The Morgan fingerprint density at radius 3 is 2.69 bits per heavy atom. The average Bonchev–Trinajstić information content (AvgIpc) is 2.07.